The van der Waals surface area contributed by atoms with Crippen molar-refractivity contribution in [3.63, 3.8) is 0 Å². The zero-order valence-corrected chi connectivity index (χ0v) is 17.1. The Hall–Kier alpha value is -3.17. The van der Waals surface area contributed by atoms with Crippen LogP contribution < -0.4 is 11.1 Å². The van der Waals surface area contributed by atoms with E-state index in [2.05, 4.69) is 25.2 Å². The summed E-state index contributed by atoms with van der Waals surface area (Å²) in [6.07, 6.45) is 6.93. The Balaban J connectivity index is 1.51. The highest BCUT2D eigenvalue weighted by Crippen LogP contribution is 2.32. The molecule has 2 aromatic heterocycles. The Bertz CT molecular complexity index is 1040. The standard InChI is InChI=1S/C21H22N6O2S/c22-20(29)15-4-1-3-14(11-15)18-19(24-7-6-23-18)16-5-2-9-27(12-16)13-17(28)26-21-25-8-10-30-21/h1,3-4,6-8,10-11,16H,2,5,9,12-13H2,(H2,22,29)(H,25,26,28)/t16-/m0/s1. The molecule has 0 bridgehead atoms. The zero-order chi connectivity index (χ0) is 20.9. The van der Waals surface area contributed by atoms with E-state index in [4.69, 9.17) is 5.73 Å². The third-order valence-electron chi connectivity index (χ3n) is 5.09. The number of hydrogen-bond donors (Lipinski definition) is 2. The SMILES string of the molecule is NC(=O)c1cccc(-c2nccnc2[C@H]2CCCN(CC(=O)Nc3nccs3)C2)c1. The van der Waals surface area contributed by atoms with Gasteiger partial charge < -0.3 is 11.1 Å². The fourth-order valence-electron chi connectivity index (χ4n) is 3.76. The van der Waals surface area contributed by atoms with Crippen LogP contribution in [0.4, 0.5) is 5.13 Å². The number of nitrogens with zero attached hydrogens (tertiary/aromatic N) is 4. The quantitative estimate of drug-likeness (QED) is 0.631. The lowest BCUT2D eigenvalue weighted by Crippen LogP contribution is -2.40. The van der Waals surface area contributed by atoms with Crippen LogP contribution in [0.1, 0.15) is 34.8 Å². The number of carbonyl (C=O) groups excluding carboxylic acids is 2. The largest absolute Gasteiger partial charge is 0.366 e. The molecule has 0 aliphatic carbocycles. The highest BCUT2D eigenvalue weighted by atomic mass is 32.1. The molecular weight excluding hydrogens is 400 g/mol. The van der Waals surface area contributed by atoms with Crippen molar-refractivity contribution < 1.29 is 9.59 Å². The molecule has 1 fully saturated rings. The predicted molar refractivity (Wildman–Crippen MR) is 115 cm³/mol. The maximum Gasteiger partial charge on any atom is 0.248 e. The highest BCUT2D eigenvalue weighted by Gasteiger charge is 2.26. The van der Waals surface area contributed by atoms with Crippen molar-refractivity contribution in [3.8, 4) is 11.3 Å². The van der Waals surface area contributed by atoms with Gasteiger partial charge in [-0.3, -0.25) is 24.5 Å². The second kappa shape index (κ2) is 9.10. The molecule has 3 N–H and O–H groups in total. The van der Waals surface area contributed by atoms with Gasteiger partial charge in [-0.25, -0.2) is 4.98 Å². The average molecular weight is 423 g/mol. The van der Waals surface area contributed by atoms with Crippen LogP contribution in [0.15, 0.2) is 48.2 Å². The van der Waals surface area contributed by atoms with Crippen molar-refractivity contribution >= 4 is 28.3 Å². The van der Waals surface area contributed by atoms with Crippen molar-refractivity contribution in [2.45, 2.75) is 18.8 Å². The number of rotatable bonds is 6. The maximum absolute atomic E-state index is 12.4. The van der Waals surface area contributed by atoms with Gasteiger partial charge in [0.05, 0.1) is 17.9 Å². The van der Waals surface area contributed by atoms with Crippen molar-refractivity contribution in [1.29, 1.82) is 0 Å². The van der Waals surface area contributed by atoms with E-state index in [1.807, 2.05) is 11.4 Å². The van der Waals surface area contributed by atoms with Gasteiger partial charge in [0.1, 0.15) is 0 Å². The van der Waals surface area contributed by atoms with E-state index < -0.39 is 5.91 Å². The molecule has 9 heteroatoms. The van der Waals surface area contributed by atoms with Crippen molar-refractivity contribution in [3.05, 3.63) is 59.5 Å². The minimum absolute atomic E-state index is 0.0703. The Morgan fingerprint density at radius 3 is 2.87 bits per heavy atom. The average Bonchev–Trinajstić information content (AvgIpc) is 3.27. The Kier molecular flexibility index (Phi) is 6.10. The molecule has 1 saturated heterocycles. The van der Waals surface area contributed by atoms with Crippen molar-refractivity contribution in [2.24, 2.45) is 5.73 Å². The first kappa shape index (κ1) is 20.1. The monoisotopic (exact) mass is 422 g/mol. The van der Waals surface area contributed by atoms with E-state index in [0.717, 1.165) is 36.3 Å². The number of piperidine rings is 1. The number of anilines is 1. The number of aromatic nitrogens is 3. The maximum atomic E-state index is 12.4. The number of primary amides is 1. The first-order valence-corrected chi connectivity index (χ1v) is 10.6. The first-order chi connectivity index (χ1) is 14.6. The predicted octanol–water partition coefficient (Wildman–Crippen LogP) is 2.52. The van der Waals surface area contributed by atoms with Crippen LogP contribution in [0.25, 0.3) is 11.3 Å². The summed E-state index contributed by atoms with van der Waals surface area (Å²) in [7, 11) is 0. The van der Waals surface area contributed by atoms with Crippen LogP contribution in [-0.2, 0) is 4.79 Å². The van der Waals surface area contributed by atoms with E-state index in [0.29, 0.717) is 23.8 Å². The molecule has 0 spiro atoms. The summed E-state index contributed by atoms with van der Waals surface area (Å²) in [5.41, 5.74) is 8.31. The summed E-state index contributed by atoms with van der Waals surface area (Å²) in [6, 6.07) is 7.13. The molecule has 154 valence electrons. The molecule has 1 atom stereocenters. The lowest BCUT2D eigenvalue weighted by molar-refractivity contribution is -0.117. The molecule has 1 aliphatic rings. The van der Waals surface area contributed by atoms with Gasteiger partial charge in [-0.1, -0.05) is 12.1 Å². The minimum atomic E-state index is -0.475. The number of nitrogens with two attached hydrogens (primary N) is 1. The van der Waals surface area contributed by atoms with Crippen LogP contribution in [0.5, 0.6) is 0 Å². The summed E-state index contributed by atoms with van der Waals surface area (Å²) in [6.45, 7) is 1.88. The molecular formula is C21H22N6O2S. The summed E-state index contributed by atoms with van der Waals surface area (Å²) in [5.74, 6) is -0.399. The lowest BCUT2D eigenvalue weighted by atomic mass is 9.91. The van der Waals surface area contributed by atoms with Crippen LogP contribution >= 0.6 is 11.3 Å². The zero-order valence-electron chi connectivity index (χ0n) is 16.3. The van der Waals surface area contributed by atoms with Gasteiger partial charge in [0.2, 0.25) is 11.8 Å². The van der Waals surface area contributed by atoms with Crippen LogP contribution in [0.3, 0.4) is 0 Å². The Morgan fingerprint density at radius 1 is 1.20 bits per heavy atom. The van der Waals surface area contributed by atoms with Gasteiger partial charge >= 0.3 is 0 Å². The minimum Gasteiger partial charge on any atom is -0.366 e. The third-order valence-corrected chi connectivity index (χ3v) is 5.77. The summed E-state index contributed by atoms with van der Waals surface area (Å²) < 4.78 is 0. The molecule has 1 aliphatic heterocycles. The van der Waals surface area contributed by atoms with E-state index in [1.54, 1.807) is 36.8 Å². The third kappa shape index (κ3) is 4.69. The molecule has 3 heterocycles. The molecule has 4 rings (SSSR count). The highest BCUT2D eigenvalue weighted by molar-refractivity contribution is 7.13. The number of nitrogens with one attached hydrogen (secondary N) is 1. The molecule has 1 aromatic carbocycles. The van der Waals surface area contributed by atoms with Crippen LogP contribution in [-0.4, -0.2) is 51.3 Å². The number of amides is 2. The van der Waals surface area contributed by atoms with Crippen LogP contribution in [0.2, 0.25) is 0 Å². The van der Waals surface area contributed by atoms with E-state index in [-0.39, 0.29) is 11.8 Å². The van der Waals surface area contributed by atoms with E-state index in [1.165, 1.54) is 11.3 Å². The normalized spacial score (nSPS) is 16.9. The summed E-state index contributed by atoms with van der Waals surface area (Å²) >= 11 is 1.40. The fourth-order valence-corrected chi connectivity index (χ4v) is 4.30. The van der Waals surface area contributed by atoms with Gasteiger partial charge in [0.25, 0.3) is 0 Å². The summed E-state index contributed by atoms with van der Waals surface area (Å²) in [4.78, 5) is 39.3. The molecule has 0 saturated carbocycles. The van der Waals surface area contributed by atoms with Gasteiger partial charge in [0, 0.05) is 47.6 Å². The van der Waals surface area contributed by atoms with Gasteiger partial charge in [-0.2, -0.15) is 0 Å². The number of thiazole rings is 1. The molecule has 30 heavy (non-hydrogen) atoms. The van der Waals surface area contributed by atoms with E-state index in [9.17, 15) is 9.59 Å². The lowest BCUT2D eigenvalue weighted by Gasteiger charge is -2.32. The number of carbonyl (C=O) groups is 2. The second-order valence-electron chi connectivity index (χ2n) is 7.19. The Labute approximate surface area is 178 Å². The number of hydrogen-bond acceptors (Lipinski definition) is 7. The van der Waals surface area contributed by atoms with E-state index >= 15 is 0 Å². The molecule has 0 radical (unpaired) electrons. The number of benzene rings is 1. The number of likely N-dealkylation sites (tertiary alicyclic amines) is 1. The second-order valence-corrected chi connectivity index (χ2v) is 8.09. The Morgan fingerprint density at radius 2 is 2.07 bits per heavy atom. The van der Waals surface area contributed by atoms with Crippen molar-refractivity contribution in [2.75, 3.05) is 25.0 Å². The molecule has 0 unspecified atom stereocenters. The van der Waals surface area contributed by atoms with Crippen molar-refractivity contribution in [1.82, 2.24) is 19.9 Å². The van der Waals surface area contributed by atoms with Gasteiger partial charge in [-0.15, -0.1) is 11.3 Å². The summed E-state index contributed by atoms with van der Waals surface area (Å²) in [5, 5.41) is 5.27. The molecule has 2 amide bonds. The molecule has 8 nitrogen and oxygen atoms in total. The van der Waals surface area contributed by atoms with Crippen LogP contribution in [0, 0.1) is 0 Å². The van der Waals surface area contributed by atoms with Gasteiger partial charge in [0.15, 0.2) is 5.13 Å². The molecule has 3 aromatic rings. The topological polar surface area (TPSA) is 114 Å². The smallest absolute Gasteiger partial charge is 0.248 e. The first-order valence-electron chi connectivity index (χ1n) is 9.73. The van der Waals surface area contributed by atoms with Gasteiger partial charge in [-0.05, 0) is 31.5 Å². The fraction of sp³-hybridized carbons (Fsp3) is 0.286.